The van der Waals surface area contributed by atoms with E-state index in [1.165, 1.54) is 5.56 Å². The Labute approximate surface area is 199 Å². The molecule has 1 amide bonds. The van der Waals surface area contributed by atoms with E-state index in [1.807, 2.05) is 37.3 Å². The van der Waals surface area contributed by atoms with Crippen LogP contribution in [0.1, 0.15) is 11.1 Å². The van der Waals surface area contributed by atoms with Crippen LogP contribution in [0.3, 0.4) is 0 Å². The van der Waals surface area contributed by atoms with Gasteiger partial charge >= 0.3 is 0 Å². The highest BCUT2D eigenvalue weighted by molar-refractivity contribution is 7.71. The Hall–Kier alpha value is -3.07. The number of rotatable bonds is 8. The van der Waals surface area contributed by atoms with Crippen molar-refractivity contribution < 1.29 is 4.79 Å². The van der Waals surface area contributed by atoms with E-state index in [4.69, 9.17) is 23.1 Å². The summed E-state index contributed by atoms with van der Waals surface area (Å²) in [6, 6.07) is 18.4. The Kier molecular flexibility index (Phi) is 7.49. The van der Waals surface area contributed by atoms with Crippen LogP contribution >= 0.6 is 12.2 Å². The third-order valence-corrected chi connectivity index (χ3v) is 6.22. The first kappa shape index (κ1) is 23.1. The lowest BCUT2D eigenvalue weighted by molar-refractivity contribution is -0.118. The fourth-order valence-corrected chi connectivity index (χ4v) is 4.28. The number of primary amides is 1. The van der Waals surface area contributed by atoms with Crippen LogP contribution in [0.2, 0.25) is 0 Å². The van der Waals surface area contributed by atoms with Crippen molar-refractivity contribution in [3.63, 3.8) is 0 Å². The molecule has 0 unspecified atom stereocenters. The average Bonchev–Trinajstić information content (AvgIpc) is 3.10. The minimum absolute atomic E-state index is 0.0175. The largest absolute Gasteiger partial charge is 0.368 e. The molecule has 0 radical (unpaired) electrons. The summed E-state index contributed by atoms with van der Waals surface area (Å²) in [5.74, 6) is 0.240. The third kappa shape index (κ3) is 6.04. The molecule has 33 heavy (non-hydrogen) atoms. The monoisotopic (exact) mass is 462 g/mol. The minimum Gasteiger partial charge on any atom is -0.368 e. The number of nitrogens with two attached hydrogens (primary N) is 1. The van der Waals surface area contributed by atoms with Gasteiger partial charge in [-0.2, -0.15) is 5.10 Å². The number of aryl methyl sites for hydroxylation is 1. The SMILES string of the molecule is Cc1cccc(-c2nn(CN3CCN(C/C=C/c4ccccc4)CC3)c(=S)n2CC(N)=O)c1. The maximum atomic E-state index is 11.7. The van der Waals surface area contributed by atoms with Crippen LogP contribution < -0.4 is 5.73 Å². The molecule has 1 aliphatic rings. The van der Waals surface area contributed by atoms with E-state index >= 15 is 0 Å². The lowest BCUT2D eigenvalue weighted by Crippen LogP contribution is -2.46. The first-order valence-corrected chi connectivity index (χ1v) is 11.6. The normalized spacial score (nSPS) is 15.3. The summed E-state index contributed by atoms with van der Waals surface area (Å²) < 4.78 is 4.05. The van der Waals surface area contributed by atoms with Gasteiger partial charge in [0.15, 0.2) is 10.6 Å². The summed E-state index contributed by atoms with van der Waals surface area (Å²) in [6.45, 7) is 7.42. The first-order chi connectivity index (χ1) is 16.0. The number of hydrogen-bond acceptors (Lipinski definition) is 5. The van der Waals surface area contributed by atoms with Gasteiger partial charge in [-0.3, -0.25) is 19.2 Å². The van der Waals surface area contributed by atoms with Crippen LogP contribution in [0.4, 0.5) is 0 Å². The van der Waals surface area contributed by atoms with E-state index in [9.17, 15) is 4.79 Å². The van der Waals surface area contributed by atoms with E-state index in [0.29, 0.717) is 17.3 Å². The molecule has 0 spiro atoms. The number of nitrogens with zero attached hydrogens (tertiary/aromatic N) is 5. The summed E-state index contributed by atoms with van der Waals surface area (Å²) in [7, 11) is 0. The predicted molar refractivity (Wildman–Crippen MR) is 134 cm³/mol. The molecule has 0 saturated carbocycles. The van der Waals surface area contributed by atoms with Crippen molar-refractivity contribution in [2.45, 2.75) is 20.1 Å². The minimum atomic E-state index is -0.434. The van der Waals surface area contributed by atoms with Gasteiger partial charge in [0.2, 0.25) is 5.91 Å². The van der Waals surface area contributed by atoms with Crippen LogP contribution in [0, 0.1) is 11.7 Å². The Bertz CT molecular complexity index is 1180. The van der Waals surface area contributed by atoms with Gasteiger partial charge in [-0.1, -0.05) is 66.2 Å². The van der Waals surface area contributed by atoms with Crippen molar-refractivity contribution in [1.82, 2.24) is 24.1 Å². The number of amides is 1. The van der Waals surface area contributed by atoms with Gasteiger partial charge < -0.3 is 5.73 Å². The highest BCUT2D eigenvalue weighted by atomic mass is 32.1. The van der Waals surface area contributed by atoms with Crippen molar-refractivity contribution >= 4 is 24.2 Å². The summed E-state index contributed by atoms with van der Waals surface area (Å²) in [6.07, 6.45) is 4.39. The van der Waals surface area contributed by atoms with E-state index in [2.05, 4.69) is 46.2 Å². The maximum Gasteiger partial charge on any atom is 0.237 e. The number of benzene rings is 2. The summed E-state index contributed by atoms with van der Waals surface area (Å²) in [5, 5.41) is 4.77. The molecule has 0 atom stereocenters. The molecule has 1 saturated heterocycles. The van der Waals surface area contributed by atoms with Crippen LogP contribution in [-0.2, 0) is 18.0 Å². The molecular formula is C25H30N6OS. The molecule has 0 bridgehead atoms. The average molecular weight is 463 g/mol. The van der Waals surface area contributed by atoms with E-state index in [1.54, 1.807) is 9.25 Å². The zero-order chi connectivity index (χ0) is 23.2. The second-order valence-electron chi connectivity index (χ2n) is 8.40. The van der Waals surface area contributed by atoms with Gasteiger partial charge in [0, 0.05) is 38.3 Å². The molecule has 2 aromatic carbocycles. The summed E-state index contributed by atoms with van der Waals surface area (Å²) in [5.41, 5.74) is 8.76. The van der Waals surface area contributed by atoms with Gasteiger partial charge in [0.05, 0.1) is 6.67 Å². The van der Waals surface area contributed by atoms with Crippen molar-refractivity contribution in [1.29, 1.82) is 0 Å². The number of carbonyl (C=O) groups excluding carboxylic acids is 1. The summed E-state index contributed by atoms with van der Waals surface area (Å²) >= 11 is 5.67. The first-order valence-electron chi connectivity index (χ1n) is 11.2. The number of aromatic nitrogens is 3. The Morgan fingerprint density at radius 1 is 1.06 bits per heavy atom. The standard InChI is InChI=1S/C25H30N6OS/c1-20-7-5-11-22(17-20)24-27-31(25(33)30(24)18-23(26)32)19-29-15-13-28(14-16-29)12-6-10-21-8-3-2-4-9-21/h2-11,17H,12-16,18-19H2,1H3,(H2,26,32)/b10-6+. The van der Waals surface area contributed by atoms with E-state index in [0.717, 1.165) is 43.9 Å². The van der Waals surface area contributed by atoms with E-state index in [-0.39, 0.29) is 6.54 Å². The number of hydrogen-bond donors (Lipinski definition) is 1. The van der Waals surface area contributed by atoms with Gasteiger partial charge in [-0.25, -0.2) is 4.68 Å². The zero-order valence-electron chi connectivity index (χ0n) is 18.9. The highest BCUT2D eigenvalue weighted by Gasteiger charge is 2.19. The second-order valence-corrected chi connectivity index (χ2v) is 8.77. The molecule has 0 aliphatic carbocycles. The van der Waals surface area contributed by atoms with E-state index < -0.39 is 5.91 Å². The molecule has 1 aromatic heterocycles. The van der Waals surface area contributed by atoms with Gasteiger partial charge in [-0.05, 0) is 30.8 Å². The zero-order valence-corrected chi connectivity index (χ0v) is 19.7. The second kappa shape index (κ2) is 10.7. The topological polar surface area (TPSA) is 72.3 Å². The molecule has 4 rings (SSSR count). The quantitative estimate of drug-likeness (QED) is 0.521. The van der Waals surface area contributed by atoms with Crippen LogP contribution in [0.25, 0.3) is 17.5 Å². The molecule has 8 heteroatoms. The lowest BCUT2D eigenvalue weighted by Gasteiger charge is -2.33. The van der Waals surface area contributed by atoms with Crippen molar-refractivity contribution in [2.75, 3.05) is 32.7 Å². The Balaban J connectivity index is 1.40. The summed E-state index contributed by atoms with van der Waals surface area (Å²) in [4.78, 5) is 16.5. The highest BCUT2D eigenvalue weighted by Crippen LogP contribution is 2.20. The molecule has 7 nitrogen and oxygen atoms in total. The number of piperazine rings is 1. The van der Waals surface area contributed by atoms with Crippen molar-refractivity contribution in [3.05, 3.63) is 76.6 Å². The van der Waals surface area contributed by atoms with Crippen LogP contribution in [0.5, 0.6) is 0 Å². The predicted octanol–water partition coefficient (Wildman–Crippen LogP) is 3.16. The van der Waals surface area contributed by atoms with Crippen molar-refractivity contribution in [2.24, 2.45) is 5.73 Å². The van der Waals surface area contributed by atoms with Gasteiger partial charge in [-0.15, -0.1) is 0 Å². The molecule has 2 N–H and O–H groups in total. The fourth-order valence-electron chi connectivity index (χ4n) is 4.03. The molecule has 1 fully saturated rings. The Morgan fingerprint density at radius 2 is 1.79 bits per heavy atom. The Morgan fingerprint density at radius 3 is 2.48 bits per heavy atom. The van der Waals surface area contributed by atoms with Crippen LogP contribution in [-0.4, -0.2) is 62.8 Å². The maximum absolute atomic E-state index is 11.7. The van der Waals surface area contributed by atoms with Crippen LogP contribution in [0.15, 0.2) is 60.7 Å². The molecular weight excluding hydrogens is 432 g/mol. The molecule has 3 aromatic rings. The number of carbonyl (C=O) groups is 1. The fraction of sp³-hybridized carbons (Fsp3) is 0.320. The smallest absolute Gasteiger partial charge is 0.237 e. The molecule has 2 heterocycles. The van der Waals surface area contributed by atoms with Gasteiger partial charge in [0.1, 0.15) is 6.54 Å². The third-order valence-electron chi connectivity index (χ3n) is 5.79. The molecule has 172 valence electrons. The van der Waals surface area contributed by atoms with Crippen molar-refractivity contribution in [3.8, 4) is 11.4 Å². The lowest BCUT2D eigenvalue weighted by atomic mass is 10.1. The van der Waals surface area contributed by atoms with Gasteiger partial charge in [0.25, 0.3) is 0 Å². The molecule has 1 aliphatic heterocycles.